The zero-order valence-electron chi connectivity index (χ0n) is 18.7. The van der Waals surface area contributed by atoms with Gasteiger partial charge in [0.25, 0.3) is 0 Å². The summed E-state index contributed by atoms with van der Waals surface area (Å²) in [5, 5.41) is 0. The van der Waals surface area contributed by atoms with E-state index in [9.17, 15) is 9.59 Å². The molecule has 1 aliphatic rings. The molecule has 0 atom stereocenters. The van der Waals surface area contributed by atoms with E-state index in [0.29, 0.717) is 29.2 Å². The number of methoxy groups -OCH3 is 1. The Bertz CT molecular complexity index is 1210. The summed E-state index contributed by atoms with van der Waals surface area (Å²) in [6.07, 6.45) is 1.80. The quantitative estimate of drug-likeness (QED) is 0.285. The Balaban J connectivity index is 1.48. The van der Waals surface area contributed by atoms with Gasteiger partial charge in [-0.25, -0.2) is 0 Å². The molecule has 0 saturated carbocycles. The fourth-order valence-corrected chi connectivity index (χ4v) is 3.59. The molecule has 0 aliphatic carbocycles. The van der Waals surface area contributed by atoms with Gasteiger partial charge >= 0.3 is 5.97 Å². The van der Waals surface area contributed by atoms with Gasteiger partial charge in [0.05, 0.1) is 25.7 Å². The predicted octanol–water partition coefficient (Wildman–Crippen LogP) is 5.17. The molecule has 0 N–H and O–H groups in total. The van der Waals surface area contributed by atoms with Crippen molar-refractivity contribution in [3.05, 3.63) is 88.7 Å². The number of aryl methyl sites for hydroxylation is 1. The molecule has 0 bridgehead atoms. The Morgan fingerprint density at radius 3 is 2.33 bits per heavy atom. The number of benzene rings is 3. The van der Waals surface area contributed by atoms with E-state index in [1.165, 1.54) is 0 Å². The van der Waals surface area contributed by atoms with E-state index in [0.717, 1.165) is 22.6 Å². The number of carbonyl (C=O) groups is 2. The van der Waals surface area contributed by atoms with Gasteiger partial charge in [-0.05, 0) is 66.9 Å². The van der Waals surface area contributed by atoms with E-state index >= 15 is 0 Å². The van der Waals surface area contributed by atoms with Crippen LogP contribution in [0.4, 0.5) is 0 Å². The van der Waals surface area contributed by atoms with E-state index in [2.05, 4.69) is 0 Å². The van der Waals surface area contributed by atoms with Crippen LogP contribution in [0.2, 0.25) is 0 Å². The number of esters is 1. The van der Waals surface area contributed by atoms with Crippen molar-refractivity contribution in [3.8, 4) is 23.0 Å². The Morgan fingerprint density at radius 2 is 1.67 bits per heavy atom. The van der Waals surface area contributed by atoms with E-state index in [4.69, 9.17) is 18.9 Å². The molecular formula is C27H24O6. The van der Waals surface area contributed by atoms with Crippen LogP contribution in [0.25, 0.3) is 6.08 Å². The monoisotopic (exact) mass is 444 g/mol. The third-order valence-electron chi connectivity index (χ3n) is 5.17. The maximum absolute atomic E-state index is 12.9. The van der Waals surface area contributed by atoms with Crippen LogP contribution in [-0.2, 0) is 11.2 Å². The normalized spacial score (nSPS) is 13.4. The van der Waals surface area contributed by atoms with E-state index < -0.39 is 5.97 Å². The molecule has 1 aliphatic heterocycles. The molecule has 3 aromatic rings. The van der Waals surface area contributed by atoms with Crippen molar-refractivity contribution in [2.45, 2.75) is 20.3 Å². The van der Waals surface area contributed by atoms with Crippen molar-refractivity contribution in [3.63, 3.8) is 0 Å². The molecule has 0 amide bonds. The van der Waals surface area contributed by atoms with E-state index in [1.807, 2.05) is 43.3 Å². The lowest BCUT2D eigenvalue weighted by Gasteiger charge is -2.08. The number of ketones is 1. The summed E-state index contributed by atoms with van der Waals surface area (Å²) < 4.78 is 21.9. The molecule has 33 heavy (non-hydrogen) atoms. The number of hydrogen-bond acceptors (Lipinski definition) is 6. The van der Waals surface area contributed by atoms with Crippen molar-refractivity contribution < 1.29 is 28.5 Å². The molecule has 0 fully saturated rings. The minimum absolute atomic E-state index is 0.114. The molecule has 3 aromatic carbocycles. The first kappa shape index (κ1) is 22.1. The summed E-state index contributed by atoms with van der Waals surface area (Å²) in [6, 6.07) is 17.9. The predicted molar refractivity (Wildman–Crippen MR) is 124 cm³/mol. The molecule has 0 saturated heterocycles. The summed E-state index contributed by atoms with van der Waals surface area (Å²) in [5.74, 6) is 1.81. The lowest BCUT2D eigenvalue weighted by atomic mass is 10.0. The standard InChI is InChI=1S/C27H24O6/c1-4-31-21-11-7-18(8-12-21)14-24-27(29)26-17(2)13-22(16-23(26)33-24)32-25(28)15-19-5-9-20(30-3)10-6-19/h5-14,16H,4,15H2,1-3H3/b24-14-. The van der Waals surface area contributed by atoms with Crippen LogP contribution in [0.1, 0.15) is 34.0 Å². The topological polar surface area (TPSA) is 71.1 Å². The lowest BCUT2D eigenvalue weighted by Crippen LogP contribution is -2.11. The molecule has 6 nitrogen and oxygen atoms in total. The molecule has 0 radical (unpaired) electrons. The summed E-state index contributed by atoms with van der Waals surface area (Å²) in [7, 11) is 1.59. The van der Waals surface area contributed by atoms with Crippen molar-refractivity contribution in [2.24, 2.45) is 0 Å². The number of ether oxygens (including phenoxy) is 4. The van der Waals surface area contributed by atoms with Crippen LogP contribution in [0.5, 0.6) is 23.0 Å². The van der Waals surface area contributed by atoms with Gasteiger partial charge < -0.3 is 18.9 Å². The fourth-order valence-electron chi connectivity index (χ4n) is 3.59. The van der Waals surface area contributed by atoms with Gasteiger partial charge in [-0.15, -0.1) is 0 Å². The van der Waals surface area contributed by atoms with Crippen molar-refractivity contribution in [2.75, 3.05) is 13.7 Å². The number of fused-ring (bicyclic) bond motifs is 1. The average molecular weight is 444 g/mol. The van der Waals surface area contributed by atoms with Crippen molar-refractivity contribution in [1.29, 1.82) is 0 Å². The van der Waals surface area contributed by atoms with Crippen LogP contribution in [0.3, 0.4) is 0 Å². The van der Waals surface area contributed by atoms with Gasteiger partial charge in [0.2, 0.25) is 5.78 Å². The zero-order chi connectivity index (χ0) is 23.4. The first-order valence-electron chi connectivity index (χ1n) is 10.6. The maximum Gasteiger partial charge on any atom is 0.315 e. The average Bonchev–Trinajstić information content (AvgIpc) is 3.11. The van der Waals surface area contributed by atoms with E-state index in [-0.39, 0.29) is 18.0 Å². The van der Waals surface area contributed by atoms with Crippen LogP contribution < -0.4 is 18.9 Å². The highest BCUT2D eigenvalue weighted by Crippen LogP contribution is 2.37. The molecule has 168 valence electrons. The van der Waals surface area contributed by atoms with Gasteiger partial charge in [0, 0.05) is 6.07 Å². The Hall–Kier alpha value is -4.06. The first-order chi connectivity index (χ1) is 16.0. The van der Waals surface area contributed by atoms with Crippen molar-refractivity contribution >= 4 is 17.8 Å². The highest BCUT2D eigenvalue weighted by molar-refractivity contribution is 6.15. The molecular weight excluding hydrogens is 420 g/mol. The molecule has 4 rings (SSSR count). The zero-order valence-corrected chi connectivity index (χ0v) is 18.7. The van der Waals surface area contributed by atoms with Gasteiger partial charge in [-0.1, -0.05) is 24.3 Å². The number of allylic oxidation sites excluding steroid dienone is 1. The molecule has 0 spiro atoms. The minimum atomic E-state index is -0.408. The Kier molecular flexibility index (Phi) is 6.45. The molecule has 0 aromatic heterocycles. The molecule has 1 heterocycles. The summed E-state index contributed by atoms with van der Waals surface area (Å²) in [6.45, 7) is 4.30. The van der Waals surface area contributed by atoms with E-state index in [1.54, 1.807) is 44.4 Å². The third kappa shape index (κ3) is 5.06. The minimum Gasteiger partial charge on any atom is -0.497 e. The van der Waals surface area contributed by atoms with Gasteiger partial charge in [0.1, 0.15) is 23.0 Å². The lowest BCUT2D eigenvalue weighted by molar-refractivity contribution is -0.133. The molecule has 6 heteroatoms. The summed E-state index contributed by atoms with van der Waals surface area (Å²) in [5.41, 5.74) is 2.78. The number of Topliss-reactive ketones (excluding diaryl/α,β-unsaturated/α-hetero) is 1. The van der Waals surface area contributed by atoms with Gasteiger partial charge in [-0.3, -0.25) is 9.59 Å². The van der Waals surface area contributed by atoms with Crippen LogP contribution in [-0.4, -0.2) is 25.5 Å². The van der Waals surface area contributed by atoms with Crippen LogP contribution >= 0.6 is 0 Å². The van der Waals surface area contributed by atoms with Gasteiger partial charge in [0.15, 0.2) is 5.76 Å². The number of rotatable bonds is 7. The largest absolute Gasteiger partial charge is 0.497 e. The fraction of sp³-hybridized carbons (Fsp3) is 0.185. The van der Waals surface area contributed by atoms with Gasteiger partial charge in [-0.2, -0.15) is 0 Å². The molecule has 0 unspecified atom stereocenters. The highest BCUT2D eigenvalue weighted by atomic mass is 16.5. The number of hydrogen-bond donors (Lipinski definition) is 0. The van der Waals surface area contributed by atoms with Crippen LogP contribution in [0.15, 0.2) is 66.4 Å². The third-order valence-corrected chi connectivity index (χ3v) is 5.17. The second-order valence-corrected chi connectivity index (χ2v) is 7.55. The second-order valence-electron chi connectivity index (χ2n) is 7.55. The second kappa shape index (κ2) is 9.61. The van der Waals surface area contributed by atoms with Crippen LogP contribution in [0, 0.1) is 6.92 Å². The SMILES string of the molecule is CCOc1ccc(/C=C2\Oc3cc(OC(=O)Cc4ccc(OC)cc4)cc(C)c3C2=O)cc1. The summed E-state index contributed by atoms with van der Waals surface area (Å²) in [4.78, 5) is 25.3. The highest BCUT2D eigenvalue weighted by Gasteiger charge is 2.30. The maximum atomic E-state index is 12.9. The Labute approximate surface area is 192 Å². The first-order valence-corrected chi connectivity index (χ1v) is 10.6. The Morgan fingerprint density at radius 1 is 0.970 bits per heavy atom. The number of carbonyl (C=O) groups excluding carboxylic acids is 2. The van der Waals surface area contributed by atoms with Crippen molar-refractivity contribution in [1.82, 2.24) is 0 Å². The summed E-state index contributed by atoms with van der Waals surface area (Å²) >= 11 is 0. The smallest absolute Gasteiger partial charge is 0.315 e.